The van der Waals surface area contributed by atoms with Crippen molar-refractivity contribution >= 4 is 34.4 Å². The molecule has 2 N–H and O–H groups in total. The van der Waals surface area contributed by atoms with Crippen LogP contribution in [-0.2, 0) is 0 Å². The van der Waals surface area contributed by atoms with Crippen LogP contribution in [0, 0.1) is 0 Å². The monoisotopic (exact) mass is 252 g/mol. The van der Waals surface area contributed by atoms with Gasteiger partial charge in [0.25, 0.3) is 0 Å². The predicted molar refractivity (Wildman–Crippen MR) is 55.9 cm³/mol. The smallest absolute Gasteiger partial charge is 0.119 e. The van der Waals surface area contributed by atoms with E-state index < -0.39 is 0 Å². The first-order valence-electron chi connectivity index (χ1n) is 3.12. The van der Waals surface area contributed by atoms with Gasteiger partial charge in [0.1, 0.15) is 5.75 Å². The molecule has 5 heteroatoms. The minimum absolute atomic E-state index is 0. The molecule has 0 radical (unpaired) electrons. The molecular weight excluding hydrogens is 243 g/mol. The van der Waals surface area contributed by atoms with Gasteiger partial charge >= 0.3 is 0 Å². The SMILES string of the molecule is Br.COc1ccc(NNCl)cc1. The van der Waals surface area contributed by atoms with Crippen molar-refractivity contribution < 1.29 is 4.74 Å². The van der Waals surface area contributed by atoms with Crippen LogP contribution in [0.5, 0.6) is 5.75 Å². The van der Waals surface area contributed by atoms with Gasteiger partial charge in [-0.25, -0.2) is 0 Å². The van der Waals surface area contributed by atoms with Gasteiger partial charge < -0.3 is 10.2 Å². The largest absolute Gasteiger partial charge is 0.497 e. The third-order valence-corrected chi connectivity index (χ3v) is 1.38. The van der Waals surface area contributed by atoms with Gasteiger partial charge in [-0.05, 0) is 36.0 Å². The quantitative estimate of drug-likeness (QED) is 0.641. The Kier molecular flexibility index (Phi) is 5.88. The van der Waals surface area contributed by atoms with Crippen LogP contribution in [0.1, 0.15) is 0 Å². The van der Waals surface area contributed by atoms with E-state index >= 15 is 0 Å². The fourth-order valence-electron chi connectivity index (χ4n) is 0.729. The van der Waals surface area contributed by atoms with Crippen LogP contribution in [0.15, 0.2) is 24.3 Å². The topological polar surface area (TPSA) is 33.3 Å². The summed E-state index contributed by atoms with van der Waals surface area (Å²) < 4.78 is 4.97. The number of methoxy groups -OCH3 is 1. The van der Waals surface area contributed by atoms with E-state index in [9.17, 15) is 0 Å². The number of hydrogen-bond acceptors (Lipinski definition) is 3. The van der Waals surface area contributed by atoms with Gasteiger partial charge in [0.2, 0.25) is 0 Å². The highest BCUT2D eigenvalue weighted by atomic mass is 79.9. The number of benzene rings is 1. The molecule has 0 fully saturated rings. The molecule has 0 aliphatic rings. The molecule has 0 saturated carbocycles. The van der Waals surface area contributed by atoms with Crippen molar-refractivity contribution in [1.82, 2.24) is 4.94 Å². The molecule has 0 saturated heterocycles. The number of hydrogen-bond donors (Lipinski definition) is 2. The first-order valence-corrected chi connectivity index (χ1v) is 3.50. The molecule has 0 aliphatic carbocycles. The Balaban J connectivity index is 0.00000121. The van der Waals surface area contributed by atoms with E-state index in [1.165, 1.54) is 0 Å². The highest BCUT2D eigenvalue weighted by Crippen LogP contribution is 2.13. The van der Waals surface area contributed by atoms with Crippen LogP contribution < -0.4 is 15.1 Å². The third-order valence-electron chi connectivity index (χ3n) is 1.28. The number of ether oxygens (including phenoxy) is 1. The van der Waals surface area contributed by atoms with E-state index in [0.29, 0.717) is 0 Å². The average Bonchev–Trinajstić information content (AvgIpc) is 2.07. The fourth-order valence-corrected chi connectivity index (χ4v) is 0.838. The second-order valence-electron chi connectivity index (χ2n) is 1.95. The summed E-state index contributed by atoms with van der Waals surface area (Å²) in [6.45, 7) is 0. The summed E-state index contributed by atoms with van der Waals surface area (Å²) in [6.07, 6.45) is 0. The zero-order valence-electron chi connectivity index (χ0n) is 6.50. The van der Waals surface area contributed by atoms with E-state index in [1.807, 2.05) is 24.3 Å². The van der Waals surface area contributed by atoms with Crippen LogP contribution in [0.25, 0.3) is 0 Å². The number of hydrazine groups is 1. The van der Waals surface area contributed by atoms with Gasteiger partial charge in [0.05, 0.1) is 12.8 Å². The lowest BCUT2D eigenvalue weighted by atomic mass is 10.3. The van der Waals surface area contributed by atoms with Crippen LogP contribution in [0.3, 0.4) is 0 Å². The molecule has 3 nitrogen and oxygen atoms in total. The Morgan fingerprint density at radius 3 is 2.25 bits per heavy atom. The Morgan fingerprint density at radius 2 is 1.83 bits per heavy atom. The van der Waals surface area contributed by atoms with Gasteiger partial charge in [-0.2, -0.15) is 0 Å². The molecule has 1 rings (SSSR count). The normalized spacial score (nSPS) is 8.50. The summed E-state index contributed by atoms with van der Waals surface area (Å²) in [5, 5.41) is 0. The molecular formula is C7H10BrClN2O. The van der Waals surface area contributed by atoms with Gasteiger partial charge in [-0.3, -0.25) is 0 Å². The Bertz CT molecular complexity index is 217. The lowest BCUT2D eigenvalue weighted by molar-refractivity contribution is 0.415. The molecule has 1 aromatic rings. The zero-order valence-corrected chi connectivity index (χ0v) is 8.97. The molecule has 1 aromatic carbocycles. The molecule has 0 bridgehead atoms. The minimum atomic E-state index is 0. The molecule has 0 heterocycles. The minimum Gasteiger partial charge on any atom is -0.497 e. The van der Waals surface area contributed by atoms with Gasteiger partial charge in [-0.15, -0.1) is 21.9 Å². The predicted octanol–water partition coefficient (Wildman–Crippen LogP) is 2.34. The lowest BCUT2D eigenvalue weighted by Crippen LogP contribution is -2.07. The van der Waals surface area contributed by atoms with Crippen molar-refractivity contribution in [3.05, 3.63) is 24.3 Å². The highest BCUT2D eigenvalue weighted by molar-refractivity contribution is 8.93. The zero-order chi connectivity index (χ0) is 8.10. The average molecular weight is 254 g/mol. The first kappa shape index (κ1) is 11.6. The van der Waals surface area contributed by atoms with E-state index in [2.05, 4.69) is 10.4 Å². The summed E-state index contributed by atoms with van der Waals surface area (Å²) in [7, 11) is 1.63. The van der Waals surface area contributed by atoms with Crippen LogP contribution in [0.2, 0.25) is 0 Å². The van der Waals surface area contributed by atoms with Crippen molar-refractivity contribution in [2.45, 2.75) is 0 Å². The van der Waals surface area contributed by atoms with Crippen molar-refractivity contribution in [2.75, 3.05) is 12.5 Å². The Hall–Kier alpha value is -0.450. The number of rotatable bonds is 3. The molecule has 0 amide bonds. The van der Waals surface area contributed by atoms with E-state index in [0.717, 1.165) is 11.4 Å². The van der Waals surface area contributed by atoms with Crippen molar-refractivity contribution in [2.24, 2.45) is 0 Å². The maximum atomic E-state index is 5.22. The molecule has 0 aromatic heterocycles. The van der Waals surface area contributed by atoms with Gasteiger partial charge in [0, 0.05) is 0 Å². The Morgan fingerprint density at radius 1 is 1.25 bits per heavy atom. The molecule has 68 valence electrons. The van der Waals surface area contributed by atoms with Gasteiger partial charge in [0.15, 0.2) is 0 Å². The number of anilines is 1. The van der Waals surface area contributed by atoms with Crippen LogP contribution >= 0.6 is 28.8 Å². The highest BCUT2D eigenvalue weighted by Gasteiger charge is 1.90. The number of nitrogens with one attached hydrogen (secondary N) is 2. The van der Waals surface area contributed by atoms with E-state index in [1.54, 1.807) is 7.11 Å². The lowest BCUT2D eigenvalue weighted by Gasteiger charge is -2.02. The maximum Gasteiger partial charge on any atom is 0.119 e. The van der Waals surface area contributed by atoms with Crippen LogP contribution in [0.4, 0.5) is 5.69 Å². The van der Waals surface area contributed by atoms with Crippen molar-refractivity contribution in [3.8, 4) is 5.75 Å². The third kappa shape index (κ3) is 3.30. The fraction of sp³-hybridized carbons (Fsp3) is 0.143. The summed E-state index contributed by atoms with van der Waals surface area (Å²) in [5.41, 5.74) is 3.61. The van der Waals surface area contributed by atoms with Crippen molar-refractivity contribution in [1.29, 1.82) is 0 Å². The molecule has 0 unspecified atom stereocenters. The van der Waals surface area contributed by atoms with Crippen molar-refractivity contribution in [3.63, 3.8) is 0 Å². The summed E-state index contributed by atoms with van der Waals surface area (Å²) >= 11 is 5.22. The Labute approximate surface area is 86.9 Å². The van der Waals surface area contributed by atoms with E-state index in [-0.39, 0.29) is 17.0 Å². The second-order valence-corrected chi connectivity index (χ2v) is 2.14. The second kappa shape index (κ2) is 6.11. The maximum absolute atomic E-state index is 5.22. The first-order chi connectivity index (χ1) is 5.36. The molecule has 0 aliphatic heterocycles. The van der Waals surface area contributed by atoms with Crippen LogP contribution in [-0.4, -0.2) is 7.11 Å². The summed E-state index contributed by atoms with van der Waals surface area (Å²) in [5.74, 6) is 0.824. The molecule has 0 atom stereocenters. The molecule has 12 heavy (non-hydrogen) atoms. The number of halogens is 2. The van der Waals surface area contributed by atoms with E-state index in [4.69, 9.17) is 16.5 Å². The molecule has 0 spiro atoms. The summed E-state index contributed by atoms with van der Waals surface area (Å²) in [4.78, 5) is 2.30. The standard InChI is InChI=1S/C7H9ClN2O.BrH/c1-11-7-4-2-6(3-5-7)9-10-8;/h2-5,9-10H,1H3;1H. The summed E-state index contributed by atoms with van der Waals surface area (Å²) in [6, 6.07) is 7.40. The van der Waals surface area contributed by atoms with Gasteiger partial charge in [-0.1, -0.05) is 0 Å².